The van der Waals surface area contributed by atoms with Crippen molar-refractivity contribution in [3.05, 3.63) is 0 Å². The highest BCUT2D eigenvalue weighted by Crippen LogP contribution is 2.60. The van der Waals surface area contributed by atoms with Gasteiger partial charge in [0.25, 0.3) is 0 Å². The molecule has 12 saturated carbocycles. The summed E-state index contributed by atoms with van der Waals surface area (Å²) in [7, 11) is 0. The molecule has 0 aromatic carbocycles. The largest absolute Gasteiger partial charge is 0.198 e. The summed E-state index contributed by atoms with van der Waals surface area (Å²) in [5.74, 6) is 18.4. The van der Waals surface area contributed by atoms with Gasteiger partial charge in [-0.25, -0.2) is 0 Å². The minimum Gasteiger partial charge on any atom is -0.198 e. The summed E-state index contributed by atoms with van der Waals surface area (Å²) in [4.78, 5) is 0. The van der Waals surface area contributed by atoms with Crippen LogP contribution in [0.4, 0.5) is 0 Å². The van der Waals surface area contributed by atoms with Gasteiger partial charge in [0, 0.05) is 6.42 Å². The number of hydrogen-bond donors (Lipinski definition) is 0. The molecule has 12 fully saturated rings. The number of nitrogens with zero attached hydrogens (tertiary/aromatic N) is 6. The molecule has 17 unspecified atom stereocenters. The Labute approximate surface area is 876 Å². The van der Waals surface area contributed by atoms with E-state index < -0.39 is 10.8 Å². The van der Waals surface area contributed by atoms with Crippen LogP contribution in [0, 0.1) is 237 Å². The van der Waals surface area contributed by atoms with E-state index in [0.29, 0.717) is 36.0 Å². The minimum absolute atomic E-state index is 0.267. The lowest BCUT2D eigenvalue weighted by Crippen LogP contribution is -2.37. The Morgan fingerprint density at radius 2 is 0.383 bits per heavy atom. The monoisotopic (exact) mass is 1940 g/mol. The second-order valence-electron chi connectivity index (χ2n) is 54.6. The van der Waals surface area contributed by atoms with E-state index in [0.717, 1.165) is 247 Å². The molecule has 0 amide bonds. The lowest BCUT2D eigenvalue weighted by Gasteiger charge is -2.45. The van der Waals surface area contributed by atoms with Gasteiger partial charge in [-0.05, 0) is 360 Å². The minimum atomic E-state index is -0.406. The highest BCUT2D eigenvalue weighted by molar-refractivity contribution is 5.12. The Kier molecular flexibility index (Phi) is 52.9. The van der Waals surface area contributed by atoms with Crippen LogP contribution in [0.5, 0.6) is 0 Å². The fraction of sp³-hybridized carbons (Fsp3) is 0.956. The van der Waals surface area contributed by atoms with Crippen molar-refractivity contribution in [3.8, 4) is 36.4 Å². The SMILES string of the molecule is CCCCCCCC1CCC(C2CCCC(C(C#N)(CCCCCC#N)CCCCC(C#N)(CCCCC(C#N)(CCCCC(C#N)(CCCCC(C#N)(CCCCC3CCCC(C4CCC(CC)CC4)C3)C3CCCC(C4CCC(CCC)CC4)C3)C3CCCC(C4CCC(CCCC)CC4)C3)C3CCCC(C4CCC(CCCCC)CC4)C3)C3CCCC(C4CCC(CCCCCC)CC4)C3)C2)CC1. The van der Waals surface area contributed by atoms with Crippen LogP contribution < -0.4 is 0 Å². The molecule has 6 heteroatoms. The summed E-state index contributed by atoms with van der Waals surface area (Å²) in [6.45, 7) is 14.3. The Morgan fingerprint density at radius 3 is 0.660 bits per heavy atom. The van der Waals surface area contributed by atoms with E-state index in [9.17, 15) is 31.6 Å². The zero-order valence-corrected chi connectivity index (χ0v) is 94.5. The summed E-state index contributed by atoms with van der Waals surface area (Å²) in [6, 6.07) is 19.3. The van der Waals surface area contributed by atoms with Crippen LogP contribution in [0.25, 0.3) is 0 Å². The van der Waals surface area contributed by atoms with Gasteiger partial charge < -0.3 is 0 Å². The molecule has 0 aliphatic heterocycles. The quantitative estimate of drug-likeness (QED) is 0.0555. The van der Waals surface area contributed by atoms with Crippen LogP contribution >= 0.6 is 0 Å². The molecule has 0 spiro atoms. The van der Waals surface area contributed by atoms with Gasteiger partial charge in [-0.3, -0.25) is 0 Å². The Morgan fingerprint density at radius 1 is 0.170 bits per heavy atom. The molecule has 17 atom stereocenters. The van der Waals surface area contributed by atoms with E-state index >= 15 is 0 Å². The lowest BCUT2D eigenvalue weighted by atomic mass is 9.58. The van der Waals surface area contributed by atoms with E-state index in [-0.39, 0.29) is 16.2 Å². The highest BCUT2D eigenvalue weighted by Gasteiger charge is 2.51. The van der Waals surface area contributed by atoms with Gasteiger partial charge in [-0.15, -0.1) is 0 Å². The van der Waals surface area contributed by atoms with Crippen molar-refractivity contribution in [1.29, 1.82) is 31.6 Å². The molecule has 12 rings (SSSR count). The van der Waals surface area contributed by atoms with Crippen LogP contribution in [0.15, 0.2) is 0 Å². The van der Waals surface area contributed by atoms with E-state index in [1.54, 1.807) is 0 Å². The normalized spacial score (nSPS) is 34.2. The Bertz CT molecular complexity index is 3570. The topological polar surface area (TPSA) is 143 Å². The third-order valence-corrected chi connectivity index (χ3v) is 46.3. The molecule has 0 radical (unpaired) electrons. The molecule has 6 nitrogen and oxygen atoms in total. The number of rotatable bonds is 62. The van der Waals surface area contributed by atoms with E-state index in [4.69, 9.17) is 0 Å². The smallest absolute Gasteiger partial charge is 0.0692 e. The zero-order valence-electron chi connectivity index (χ0n) is 94.5. The molecule has 0 heterocycles. The van der Waals surface area contributed by atoms with Crippen molar-refractivity contribution in [2.24, 2.45) is 169 Å². The molecular weight excluding hydrogens is 1710 g/mol. The maximum atomic E-state index is 12.7. The first-order chi connectivity index (χ1) is 69.2. The van der Waals surface area contributed by atoms with Gasteiger partial charge in [0.1, 0.15) is 0 Å². The molecule has 0 N–H and O–H groups in total. The van der Waals surface area contributed by atoms with Crippen molar-refractivity contribution < 1.29 is 0 Å². The molecular formula is C135H230N6. The fourth-order valence-corrected chi connectivity index (χ4v) is 37.0. The summed E-state index contributed by atoms with van der Waals surface area (Å²) < 4.78 is 0. The molecule has 800 valence electrons. The van der Waals surface area contributed by atoms with E-state index in [2.05, 4.69) is 78.0 Å². The predicted molar refractivity (Wildman–Crippen MR) is 598 cm³/mol. The second kappa shape index (κ2) is 63.9. The standard InChI is InChI=1S/C135H230N6/c1-7-13-17-19-24-47-112-71-83-119(84-72-112)122-52-38-56-126(97-122)131(102-137,85-26-20-21-36-95-136)87-28-30-89-133(104-139,130-60-42-55-125(101-130)118-81-69-111(70-82-118)46-23-18-14-8-2)91-32-34-93-135(106-141,129-59-41-54-124(100-129)117-79-67-110(68-80-117)45-22-15-9-3)94-35-33-92-134(105-140,128-58-40-53-123(99-128)116-77-65-109(66-78-116)44-16-10-4)90-31-29-88-132(103-138,127-57-39-51-121(98-127)115-75-63-108(43-11-5)64-76-115)86-27-25-48-113-49-37-50-120(96-113)114-73-61-107(12-6)62-74-114/h107-130H,7-94,96-101H2,1-6H3. The first-order valence-electron chi connectivity index (χ1n) is 65.6. The molecule has 12 aliphatic rings. The molecule has 0 bridgehead atoms. The maximum Gasteiger partial charge on any atom is 0.0692 e. The van der Waals surface area contributed by atoms with Gasteiger partial charge in [0.2, 0.25) is 0 Å². The number of hydrogen-bond acceptors (Lipinski definition) is 6. The van der Waals surface area contributed by atoms with Crippen LogP contribution in [0.3, 0.4) is 0 Å². The molecule has 12 aliphatic carbocycles. The summed E-state index contributed by atoms with van der Waals surface area (Å²) >= 11 is 0. The second-order valence-corrected chi connectivity index (χ2v) is 54.6. The summed E-state index contributed by atoms with van der Waals surface area (Å²) in [5.41, 5.74) is -1.78. The van der Waals surface area contributed by atoms with Crippen molar-refractivity contribution >= 4 is 0 Å². The first-order valence-corrected chi connectivity index (χ1v) is 65.6. The average molecular weight is 1940 g/mol. The fourth-order valence-electron chi connectivity index (χ4n) is 37.0. The zero-order chi connectivity index (χ0) is 99.1. The molecule has 0 aromatic heterocycles. The van der Waals surface area contributed by atoms with Gasteiger partial charge in [-0.2, -0.15) is 31.6 Å². The third-order valence-electron chi connectivity index (χ3n) is 46.3. The van der Waals surface area contributed by atoms with Crippen molar-refractivity contribution in [3.63, 3.8) is 0 Å². The predicted octanol–water partition coefficient (Wildman–Crippen LogP) is 42.8. The van der Waals surface area contributed by atoms with Gasteiger partial charge in [-0.1, -0.05) is 420 Å². The number of unbranched alkanes of at least 4 members (excludes halogenated alkanes) is 18. The van der Waals surface area contributed by atoms with Crippen LogP contribution in [-0.4, -0.2) is 0 Å². The van der Waals surface area contributed by atoms with Crippen molar-refractivity contribution in [2.75, 3.05) is 0 Å². The maximum absolute atomic E-state index is 12.7. The molecule has 0 saturated heterocycles. The van der Waals surface area contributed by atoms with Gasteiger partial charge in [0.05, 0.1) is 63.5 Å². The van der Waals surface area contributed by atoms with Crippen LogP contribution in [-0.2, 0) is 0 Å². The van der Waals surface area contributed by atoms with Crippen LogP contribution in [0.2, 0.25) is 0 Å². The van der Waals surface area contributed by atoms with Gasteiger partial charge in [0.15, 0.2) is 0 Å². The third kappa shape index (κ3) is 35.5. The van der Waals surface area contributed by atoms with Gasteiger partial charge >= 0.3 is 0 Å². The van der Waals surface area contributed by atoms with E-state index in [1.165, 1.54) is 462 Å². The van der Waals surface area contributed by atoms with Crippen molar-refractivity contribution in [1.82, 2.24) is 0 Å². The lowest BCUT2D eigenvalue weighted by molar-refractivity contribution is 0.0606. The van der Waals surface area contributed by atoms with E-state index in [1.807, 2.05) is 0 Å². The molecule has 0 aromatic rings. The summed E-state index contributed by atoms with van der Waals surface area (Å²) in [6.07, 6.45) is 120. The molecule has 141 heavy (non-hydrogen) atoms. The Balaban J connectivity index is 0.776. The van der Waals surface area contributed by atoms with Crippen LogP contribution in [0.1, 0.15) is 645 Å². The Hall–Kier alpha value is -3.06. The highest BCUT2D eigenvalue weighted by atomic mass is 14.6. The average Bonchev–Trinajstić information content (AvgIpc) is 0.796. The number of nitriles is 6. The summed E-state index contributed by atoms with van der Waals surface area (Å²) in [5, 5.41) is 71.8. The first kappa shape index (κ1) is 117. The van der Waals surface area contributed by atoms with Crippen molar-refractivity contribution in [2.45, 2.75) is 645 Å².